The van der Waals surface area contributed by atoms with Gasteiger partial charge in [0.2, 0.25) is 0 Å². The molecule has 3 rings (SSSR count). The van der Waals surface area contributed by atoms with E-state index >= 15 is 0 Å². The van der Waals surface area contributed by atoms with Crippen molar-refractivity contribution in [2.45, 2.75) is 76.5 Å². The molecule has 0 saturated heterocycles. The van der Waals surface area contributed by atoms with Crippen molar-refractivity contribution in [3.63, 3.8) is 0 Å². The molecule has 0 heterocycles. The maximum atomic E-state index is 12.1. The molecule has 144 valence electrons. The summed E-state index contributed by atoms with van der Waals surface area (Å²) in [6, 6.07) is 8.70. The molecular weight excluding hydrogens is 323 g/mol. The van der Waals surface area contributed by atoms with E-state index in [4.69, 9.17) is 4.74 Å². The molecule has 0 amide bonds. The van der Waals surface area contributed by atoms with Crippen molar-refractivity contribution in [3.05, 3.63) is 42.2 Å². The van der Waals surface area contributed by atoms with Gasteiger partial charge in [0.25, 0.3) is 0 Å². The van der Waals surface area contributed by atoms with Crippen LogP contribution in [0.25, 0.3) is 0 Å². The second-order valence-electron chi connectivity index (χ2n) is 8.55. The number of allylic oxidation sites excluding steroid dienone is 1. The molecule has 1 nitrogen and oxygen atoms in total. The summed E-state index contributed by atoms with van der Waals surface area (Å²) in [6.07, 6.45) is 17.0. The smallest absolute Gasteiger partial charge is 0.118 e. The Kier molecular flexibility index (Phi) is 7.58. The Hall–Kier alpha value is -1.31. The Morgan fingerprint density at radius 3 is 1.92 bits per heavy atom. The minimum Gasteiger partial charge on any atom is -0.497 e. The summed E-state index contributed by atoms with van der Waals surface area (Å²) in [7, 11) is 1.73. The number of benzene rings is 1. The van der Waals surface area contributed by atoms with E-state index in [9.17, 15) is 4.39 Å². The number of ether oxygens (including phenoxy) is 1. The van der Waals surface area contributed by atoms with Gasteiger partial charge >= 0.3 is 0 Å². The average molecular weight is 359 g/mol. The van der Waals surface area contributed by atoms with Gasteiger partial charge in [-0.25, -0.2) is 4.39 Å². The predicted octanol–water partition coefficient (Wildman–Crippen LogP) is 7.43. The van der Waals surface area contributed by atoms with Crippen molar-refractivity contribution in [2.24, 2.45) is 17.8 Å². The first kappa shape index (κ1) is 19.5. The normalized spacial score (nSPS) is 29.8. The Morgan fingerprint density at radius 2 is 1.38 bits per heavy atom. The van der Waals surface area contributed by atoms with E-state index in [2.05, 4.69) is 24.3 Å². The molecule has 1 aromatic carbocycles. The predicted molar refractivity (Wildman–Crippen MR) is 107 cm³/mol. The van der Waals surface area contributed by atoms with Gasteiger partial charge in [-0.05, 0) is 86.3 Å². The first-order valence-electron chi connectivity index (χ1n) is 10.7. The second-order valence-corrected chi connectivity index (χ2v) is 8.55. The molecule has 2 aliphatic rings. The van der Waals surface area contributed by atoms with Crippen LogP contribution in [0.3, 0.4) is 0 Å². The minimum absolute atomic E-state index is 0.717. The third kappa shape index (κ3) is 5.59. The Labute approximate surface area is 159 Å². The van der Waals surface area contributed by atoms with E-state index < -0.39 is 0 Å². The van der Waals surface area contributed by atoms with Gasteiger partial charge in [0.05, 0.1) is 13.4 Å². The van der Waals surface area contributed by atoms with Crippen molar-refractivity contribution in [1.29, 1.82) is 0 Å². The SMILES string of the molecule is COc1ccc([C@H]2CC[C@H](CC[C@H]3CC[C@H](C/C=C/F)CC3)CC2)cc1. The molecule has 1 aromatic rings. The zero-order valence-corrected chi connectivity index (χ0v) is 16.3. The Bertz CT molecular complexity index is 534. The maximum Gasteiger partial charge on any atom is 0.118 e. The van der Waals surface area contributed by atoms with Crippen molar-refractivity contribution < 1.29 is 9.13 Å². The van der Waals surface area contributed by atoms with Gasteiger partial charge in [0.1, 0.15) is 5.75 Å². The zero-order chi connectivity index (χ0) is 18.2. The molecule has 0 atom stereocenters. The van der Waals surface area contributed by atoms with Gasteiger partial charge in [0, 0.05) is 0 Å². The Morgan fingerprint density at radius 1 is 0.846 bits per heavy atom. The fourth-order valence-electron chi connectivity index (χ4n) is 5.13. The molecule has 2 heteroatoms. The van der Waals surface area contributed by atoms with Gasteiger partial charge in [-0.2, -0.15) is 0 Å². The lowest BCUT2D eigenvalue weighted by molar-refractivity contribution is 0.231. The van der Waals surface area contributed by atoms with Crippen LogP contribution >= 0.6 is 0 Å². The first-order chi connectivity index (χ1) is 12.8. The van der Waals surface area contributed by atoms with Crippen LogP contribution in [0.2, 0.25) is 0 Å². The van der Waals surface area contributed by atoms with E-state index in [1.165, 1.54) is 69.8 Å². The summed E-state index contributed by atoms with van der Waals surface area (Å²) in [5.74, 6) is 4.31. The second kappa shape index (κ2) is 10.1. The monoisotopic (exact) mass is 358 g/mol. The van der Waals surface area contributed by atoms with E-state index in [1.54, 1.807) is 13.2 Å². The highest BCUT2D eigenvalue weighted by molar-refractivity contribution is 5.29. The highest BCUT2D eigenvalue weighted by Crippen LogP contribution is 2.40. The van der Waals surface area contributed by atoms with Crippen LogP contribution in [0, 0.1) is 17.8 Å². The third-order valence-corrected chi connectivity index (χ3v) is 6.94. The highest BCUT2D eigenvalue weighted by Gasteiger charge is 2.25. The molecule has 0 aliphatic heterocycles. The number of halogens is 1. The first-order valence-corrected chi connectivity index (χ1v) is 10.7. The number of methoxy groups -OCH3 is 1. The zero-order valence-electron chi connectivity index (χ0n) is 16.3. The fourth-order valence-corrected chi connectivity index (χ4v) is 5.13. The molecule has 0 bridgehead atoms. The molecule has 26 heavy (non-hydrogen) atoms. The molecule has 2 fully saturated rings. The van der Waals surface area contributed by atoms with E-state index in [1.807, 2.05) is 0 Å². The van der Waals surface area contributed by atoms with Crippen LogP contribution in [0.5, 0.6) is 5.75 Å². The van der Waals surface area contributed by atoms with E-state index in [-0.39, 0.29) is 0 Å². The molecule has 0 N–H and O–H groups in total. The standard InChI is InChI=1S/C24H35FO/c1-26-24-16-14-23(15-17-24)22-12-10-21(11-13-22)9-8-20-6-4-19(5-7-20)3-2-18-25/h2,14-22H,3-13H2,1H3/b18-2+/t19-,20-,21-,22-. The van der Waals surface area contributed by atoms with Crippen LogP contribution in [0.15, 0.2) is 36.7 Å². The quantitative estimate of drug-likeness (QED) is 0.492. The van der Waals surface area contributed by atoms with Crippen LogP contribution in [0.4, 0.5) is 4.39 Å². The summed E-state index contributed by atoms with van der Waals surface area (Å²) in [5.41, 5.74) is 1.49. The molecule has 0 unspecified atom stereocenters. The van der Waals surface area contributed by atoms with Gasteiger partial charge in [-0.3, -0.25) is 0 Å². The maximum absolute atomic E-state index is 12.1. The minimum atomic E-state index is 0.717. The number of hydrogen-bond acceptors (Lipinski definition) is 1. The summed E-state index contributed by atoms with van der Waals surface area (Å²) in [5, 5.41) is 0. The van der Waals surface area contributed by atoms with Gasteiger partial charge < -0.3 is 4.74 Å². The lowest BCUT2D eigenvalue weighted by Gasteiger charge is -2.32. The van der Waals surface area contributed by atoms with Gasteiger partial charge in [0.15, 0.2) is 0 Å². The topological polar surface area (TPSA) is 9.23 Å². The molecule has 0 aromatic heterocycles. The summed E-state index contributed by atoms with van der Waals surface area (Å²) < 4.78 is 17.4. The lowest BCUT2D eigenvalue weighted by atomic mass is 9.74. The Balaban J connectivity index is 1.34. The van der Waals surface area contributed by atoms with E-state index in [0.29, 0.717) is 6.33 Å². The van der Waals surface area contributed by atoms with Crippen LogP contribution in [0.1, 0.15) is 82.1 Å². The molecular formula is C24H35FO. The van der Waals surface area contributed by atoms with Crippen LogP contribution in [-0.2, 0) is 0 Å². The fraction of sp³-hybridized carbons (Fsp3) is 0.667. The summed E-state index contributed by atoms with van der Waals surface area (Å²) in [6.45, 7) is 0. The molecule has 0 spiro atoms. The van der Waals surface area contributed by atoms with Gasteiger partial charge in [-0.15, -0.1) is 0 Å². The number of hydrogen-bond donors (Lipinski definition) is 0. The van der Waals surface area contributed by atoms with Crippen molar-refractivity contribution in [1.82, 2.24) is 0 Å². The van der Waals surface area contributed by atoms with Crippen LogP contribution < -0.4 is 4.74 Å². The summed E-state index contributed by atoms with van der Waals surface area (Å²) >= 11 is 0. The highest BCUT2D eigenvalue weighted by atomic mass is 19.1. The average Bonchev–Trinajstić information content (AvgIpc) is 2.72. The summed E-state index contributed by atoms with van der Waals surface area (Å²) in [4.78, 5) is 0. The van der Waals surface area contributed by atoms with Gasteiger partial charge in [-0.1, -0.05) is 43.9 Å². The largest absolute Gasteiger partial charge is 0.497 e. The molecule has 2 aliphatic carbocycles. The van der Waals surface area contributed by atoms with Crippen LogP contribution in [-0.4, -0.2) is 7.11 Å². The van der Waals surface area contributed by atoms with E-state index in [0.717, 1.165) is 35.8 Å². The number of rotatable bonds is 7. The van der Waals surface area contributed by atoms with Crippen molar-refractivity contribution in [3.8, 4) is 5.75 Å². The van der Waals surface area contributed by atoms with Crippen molar-refractivity contribution in [2.75, 3.05) is 7.11 Å². The lowest BCUT2D eigenvalue weighted by Crippen LogP contribution is -2.17. The third-order valence-electron chi connectivity index (χ3n) is 6.94. The molecule has 2 saturated carbocycles. The van der Waals surface area contributed by atoms with Crippen molar-refractivity contribution >= 4 is 0 Å². The molecule has 0 radical (unpaired) electrons.